The van der Waals surface area contributed by atoms with E-state index < -0.39 is 17.5 Å². The molecule has 0 radical (unpaired) electrons. The maximum absolute atomic E-state index is 13.2. The Hall–Kier alpha value is -1.91. The van der Waals surface area contributed by atoms with Crippen molar-refractivity contribution in [2.75, 3.05) is 0 Å². The molecule has 3 atom stereocenters. The van der Waals surface area contributed by atoms with Gasteiger partial charge in [-0.25, -0.2) is 0 Å². The van der Waals surface area contributed by atoms with Gasteiger partial charge < -0.3 is 9.15 Å². The Morgan fingerprint density at radius 3 is 2.56 bits per heavy atom. The number of Topliss-reactive ketones (excluding diaryl/α,β-unsaturated/α-hetero) is 2. The van der Waals surface area contributed by atoms with Gasteiger partial charge in [0.1, 0.15) is 5.78 Å². The quantitative estimate of drug-likeness (QED) is 0.624. The zero-order valence-electron chi connectivity index (χ0n) is 17.2. The molecule has 0 aromatic carbocycles. The van der Waals surface area contributed by atoms with E-state index in [1.807, 2.05) is 13.0 Å². The summed E-state index contributed by atoms with van der Waals surface area (Å²) in [6.07, 6.45) is 6.61. The van der Waals surface area contributed by atoms with Crippen LogP contribution < -0.4 is 0 Å². The highest BCUT2D eigenvalue weighted by Crippen LogP contribution is 2.53. The fourth-order valence-electron chi connectivity index (χ4n) is 4.62. The van der Waals surface area contributed by atoms with Gasteiger partial charge in [-0.15, -0.1) is 0 Å². The SMILES string of the molecule is CC(=O)OC(C)C(=O)CC1C(C)(C)CCCC1(C)C(=O)CCc1ccoc1. The van der Waals surface area contributed by atoms with Crippen molar-refractivity contribution in [2.24, 2.45) is 16.7 Å². The van der Waals surface area contributed by atoms with Gasteiger partial charge >= 0.3 is 5.97 Å². The van der Waals surface area contributed by atoms with Crippen molar-refractivity contribution in [3.8, 4) is 0 Å². The second-order valence-electron chi connectivity index (χ2n) is 8.79. The molecule has 150 valence electrons. The highest BCUT2D eigenvalue weighted by Gasteiger charge is 2.51. The molecule has 0 saturated heterocycles. The third-order valence-corrected chi connectivity index (χ3v) is 6.29. The first-order valence-corrected chi connectivity index (χ1v) is 9.80. The lowest BCUT2D eigenvalue weighted by Crippen LogP contribution is -2.48. The Morgan fingerprint density at radius 2 is 1.96 bits per heavy atom. The molecule has 0 N–H and O–H groups in total. The second kappa shape index (κ2) is 8.41. The van der Waals surface area contributed by atoms with E-state index in [4.69, 9.17) is 9.15 Å². The highest BCUT2D eigenvalue weighted by atomic mass is 16.5. The Kier molecular flexibility index (Phi) is 6.66. The standard InChI is InChI=1S/C22H32O5/c1-15(27-16(2)23)18(24)13-19-21(3,4)10-6-11-22(19,5)20(25)8-7-17-9-12-26-14-17/h9,12,14-15,19H,6-8,10-11,13H2,1-5H3. The van der Waals surface area contributed by atoms with E-state index in [0.717, 1.165) is 24.8 Å². The van der Waals surface area contributed by atoms with Gasteiger partial charge in [0, 0.05) is 25.2 Å². The topological polar surface area (TPSA) is 73.6 Å². The van der Waals surface area contributed by atoms with E-state index in [2.05, 4.69) is 13.8 Å². The number of hydrogen-bond donors (Lipinski definition) is 0. The molecule has 5 heteroatoms. The Labute approximate surface area is 161 Å². The number of carbonyl (C=O) groups is 3. The lowest BCUT2D eigenvalue weighted by molar-refractivity contribution is -0.154. The van der Waals surface area contributed by atoms with E-state index >= 15 is 0 Å². The van der Waals surface area contributed by atoms with Gasteiger partial charge in [0.15, 0.2) is 11.9 Å². The minimum atomic E-state index is -0.773. The van der Waals surface area contributed by atoms with Crippen molar-refractivity contribution in [3.05, 3.63) is 24.2 Å². The summed E-state index contributed by atoms with van der Waals surface area (Å²) in [6, 6.07) is 1.88. The van der Waals surface area contributed by atoms with Gasteiger partial charge in [-0.05, 0) is 49.1 Å². The van der Waals surface area contributed by atoms with Crippen LogP contribution in [-0.2, 0) is 25.5 Å². The van der Waals surface area contributed by atoms with Crippen molar-refractivity contribution in [1.82, 2.24) is 0 Å². The first kappa shape index (κ1) is 21.4. The van der Waals surface area contributed by atoms with E-state index in [-0.39, 0.29) is 29.3 Å². The normalized spacial score (nSPS) is 25.6. The summed E-state index contributed by atoms with van der Waals surface area (Å²) in [7, 11) is 0. The van der Waals surface area contributed by atoms with E-state index in [1.165, 1.54) is 6.92 Å². The number of aryl methyl sites for hydroxylation is 1. The van der Waals surface area contributed by atoms with Gasteiger partial charge in [-0.2, -0.15) is 0 Å². The molecule has 0 spiro atoms. The van der Waals surface area contributed by atoms with Crippen LogP contribution in [0.15, 0.2) is 23.0 Å². The van der Waals surface area contributed by atoms with Crippen LogP contribution in [0.1, 0.15) is 72.3 Å². The van der Waals surface area contributed by atoms with Crippen LogP contribution in [0.4, 0.5) is 0 Å². The summed E-state index contributed by atoms with van der Waals surface area (Å²) in [5.41, 5.74) is 0.346. The zero-order valence-corrected chi connectivity index (χ0v) is 17.2. The van der Waals surface area contributed by atoms with Crippen molar-refractivity contribution in [1.29, 1.82) is 0 Å². The molecule has 1 heterocycles. The van der Waals surface area contributed by atoms with Crippen molar-refractivity contribution >= 4 is 17.5 Å². The molecule has 1 saturated carbocycles. The van der Waals surface area contributed by atoms with Crippen LogP contribution in [0.5, 0.6) is 0 Å². The molecular weight excluding hydrogens is 344 g/mol. The fourth-order valence-corrected chi connectivity index (χ4v) is 4.62. The molecule has 3 unspecified atom stereocenters. The van der Waals surface area contributed by atoms with Crippen molar-refractivity contribution in [3.63, 3.8) is 0 Å². The van der Waals surface area contributed by atoms with E-state index in [0.29, 0.717) is 12.8 Å². The number of rotatable bonds is 8. The van der Waals surface area contributed by atoms with Gasteiger partial charge in [0.25, 0.3) is 0 Å². The molecule has 1 fully saturated rings. The minimum Gasteiger partial charge on any atom is -0.472 e. The average molecular weight is 376 g/mol. The number of hydrogen-bond acceptors (Lipinski definition) is 5. The van der Waals surface area contributed by atoms with Crippen LogP contribution in [-0.4, -0.2) is 23.6 Å². The molecule has 1 aliphatic carbocycles. The summed E-state index contributed by atoms with van der Waals surface area (Å²) < 4.78 is 10.1. The number of ether oxygens (including phenoxy) is 1. The van der Waals surface area contributed by atoms with Crippen molar-refractivity contribution < 1.29 is 23.5 Å². The third-order valence-electron chi connectivity index (χ3n) is 6.29. The molecule has 27 heavy (non-hydrogen) atoms. The van der Waals surface area contributed by atoms with Gasteiger partial charge in [0.05, 0.1) is 12.5 Å². The van der Waals surface area contributed by atoms with Crippen LogP contribution in [0.25, 0.3) is 0 Å². The zero-order chi connectivity index (χ0) is 20.2. The smallest absolute Gasteiger partial charge is 0.303 e. The largest absolute Gasteiger partial charge is 0.472 e. The van der Waals surface area contributed by atoms with Crippen LogP contribution in [0.2, 0.25) is 0 Å². The summed E-state index contributed by atoms with van der Waals surface area (Å²) in [4.78, 5) is 37.1. The monoisotopic (exact) mass is 376 g/mol. The molecule has 1 aromatic heterocycles. The maximum Gasteiger partial charge on any atom is 0.303 e. The number of esters is 1. The van der Waals surface area contributed by atoms with Crippen LogP contribution in [0.3, 0.4) is 0 Å². The molecule has 1 aliphatic rings. The minimum absolute atomic E-state index is 0.0684. The molecular formula is C22H32O5. The predicted molar refractivity (Wildman–Crippen MR) is 102 cm³/mol. The first-order valence-electron chi connectivity index (χ1n) is 9.80. The maximum atomic E-state index is 13.2. The molecule has 0 amide bonds. The number of furan rings is 1. The van der Waals surface area contributed by atoms with Crippen LogP contribution in [0, 0.1) is 16.7 Å². The summed E-state index contributed by atoms with van der Waals surface area (Å²) in [5, 5.41) is 0. The third kappa shape index (κ3) is 5.08. The first-order chi connectivity index (χ1) is 12.6. The lowest BCUT2D eigenvalue weighted by atomic mass is 9.53. The van der Waals surface area contributed by atoms with Crippen LogP contribution >= 0.6 is 0 Å². The molecule has 5 nitrogen and oxygen atoms in total. The highest BCUT2D eigenvalue weighted by molar-refractivity contribution is 5.88. The molecule has 0 aliphatic heterocycles. The molecule has 0 bridgehead atoms. The molecule has 2 rings (SSSR count). The number of ketones is 2. The predicted octanol–water partition coefficient (Wildman–Crippen LogP) is 4.52. The van der Waals surface area contributed by atoms with E-state index in [9.17, 15) is 14.4 Å². The van der Waals surface area contributed by atoms with Gasteiger partial charge in [0.2, 0.25) is 0 Å². The van der Waals surface area contributed by atoms with Gasteiger partial charge in [-0.1, -0.05) is 27.2 Å². The summed E-state index contributed by atoms with van der Waals surface area (Å²) in [5.74, 6) is -0.438. The Morgan fingerprint density at radius 1 is 1.26 bits per heavy atom. The van der Waals surface area contributed by atoms with Crippen molar-refractivity contribution in [2.45, 2.75) is 79.2 Å². The Bertz CT molecular complexity index is 673. The Balaban J connectivity index is 2.16. The number of carbonyl (C=O) groups excluding carboxylic acids is 3. The average Bonchev–Trinajstić information content (AvgIpc) is 3.08. The summed E-state index contributed by atoms with van der Waals surface area (Å²) >= 11 is 0. The summed E-state index contributed by atoms with van der Waals surface area (Å²) in [6.45, 7) is 9.21. The van der Waals surface area contributed by atoms with E-state index in [1.54, 1.807) is 19.5 Å². The van der Waals surface area contributed by atoms with Gasteiger partial charge in [-0.3, -0.25) is 14.4 Å². The second-order valence-corrected chi connectivity index (χ2v) is 8.79. The lowest BCUT2D eigenvalue weighted by Gasteiger charge is -2.50. The molecule has 1 aromatic rings. The fraction of sp³-hybridized carbons (Fsp3) is 0.682.